The highest BCUT2D eigenvalue weighted by molar-refractivity contribution is 9.10. The molecule has 0 spiro atoms. The molecular formula is C20H33BrN2O2SSi. The Bertz CT molecular complexity index is 732. The molecule has 1 aliphatic carbocycles. The van der Waals surface area contributed by atoms with Gasteiger partial charge in [-0.05, 0) is 79.8 Å². The summed E-state index contributed by atoms with van der Waals surface area (Å²) in [5, 5.41) is 0.203. The molecule has 0 bridgehead atoms. The number of hydrogen-bond donors (Lipinski definition) is 0. The molecule has 1 atom stereocenters. The third kappa shape index (κ3) is 5.81. The Hall–Kier alpha value is -0.373. The Morgan fingerprint density at radius 2 is 1.81 bits per heavy atom. The molecule has 0 saturated heterocycles. The van der Waals surface area contributed by atoms with Gasteiger partial charge in [0.1, 0.15) is 15.6 Å². The average molecular weight is 474 g/mol. The van der Waals surface area contributed by atoms with Gasteiger partial charge in [0.2, 0.25) is 0 Å². The molecule has 1 aromatic rings. The highest BCUT2D eigenvalue weighted by atomic mass is 79.9. The lowest BCUT2D eigenvalue weighted by molar-refractivity contribution is 0.0800. The molecule has 1 aromatic heterocycles. The molecule has 1 aliphatic rings. The largest absolute Gasteiger partial charge is 0.414 e. The van der Waals surface area contributed by atoms with Crippen molar-refractivity contribution in [2.45, 2.75) is 83.4 Å². The first-order valence-corrected chi connectivity index (χ1v) is 14.3. The zero-order chi connectivity index (χ0) is 20.6. The number of nitrogens with zero attached hydrogens (tertiary/aromatic N) is 2. The second-order valence-electron chi connectivity index (χ2n) is 9.85. The molecule has 4 nitrogen and oxygen atoms in total. The first-order chi connectivity index (χ1) is 12.2. The van der Waals surface area contributed by atoms with Gasteiger partial charge in [0, 0.05) is 12.0 Å². The maximum Gasteiger partial charge on any atom is 0.192 e. The van der Waals surface area contributed by atoms with Gasteiger partial charge in [-0.15, -0.1) is 0 Å². The van der Waals surface area contributed by atoms with Crippen molar-refractivity contribution in [3.8, 4) is 0 Å². The van der Waals surface area contributed by atoms with Crippen LogP contribution in [0.1, 0.15) is 60.1 Å². The zero-order valence-electron chi connectivity index (χ0n) is 17.8. The van der Waals surface area contributed by atoms with E-state index in [2.05, 4.69) is 59.2 Å². The lowest BCUT2D eigenvalue weighted by Gasteiger charge is -2.45. The predicted octanol–water partition coefficient (Wildman–Crippen LogP) is 5.90. The van der Waals surface area contributed by atoms with Gasteiger partial charge in [-0.3, -0.25) is 0 Å². The van der Waals surface area contributed by atoms with Crippen LogP contribution < -0.4 is 0 Å². The summed E-state index contributed by atoms with van der Waals surface area (Å²) >= 11 is 3.44. The van der Waals surface area contributed by atoms with E-state index in [1.54, 1.807) is 0 Å². The van der Waals surface area contributed by atoms with Crippen molar-refractivity contribution >= 4 is 40.9 Å². The Kier molecular flexibility index (Phi) is 6.93. The molecule has 1 saturated carbocycles. The highest BCUT2D eigenvalue weighted by Gasteiger charge is 2.44. The van der Waals surface area contributed by atoms with Crippen LogP contribution in [0.15, 0.2) is 27.2 Å². The minimum absolute atomic E-state index is 0.203. The first-order valence-electron chi connectivity index (χ1n) is 9.52. The van der Waals surface area contributed by atoms with Gasteiger partial charge >= 0.3 is 0 Å². The van der Waals surface area contributed by atoms with Crippen LogP contribution in [0.4, 0.5) is 0 Å². The van der Waals surface area contributed by atoms with Crippen LogP contribution in [0, 0.1) is 5.92 Å². The molecule has 27 heavy (non-hydrogen) atoms. The third-order valence-electron chi connectivity index (χ3n) is 5.43. The van der Waals surface area contributed by atoms with Gasteiger partial charge in [0.15, 0.2) is 8.32 Å². The molecule has 0 aliphatic heterocycles. The topological polar surface area (TPSA) is 51.5 Å². The third-order valence-corrected chi connectivity index (χ3v) is 11.8. The average Bonchev–Trinajstić information content (AvgIpc) is 2.46. The van der Waals surface area contributed by atoms with E-state index in [-0.39, 0.29) is 17.1 Å². The van der Waals surface area contributed by atoms with Crippen LogP contribution in [0.5, 0.6) is 0 Å². The number of aromatic nitrogens is 1. The molecular weight excluding hydrogens is 440 g/mol. The Morgan fingerprint density at radius 3 is 2.30 bits per heavy atom. The van der Waals surface area contributed by atoms with Crippen molar-refractivity contribution in [3.63, 3.8) is 0 Å². The summed E-state index contributed by atoms with van der Waals surface area (Å²) in [6.07, 6.45) is 2.10. The van der Waals surface area contributed by atoms with Gasteiger partial charge in [0.25, 0.3) is 0 Å². The smallest absolute Gasteiger partial charge is 0.192 e. The van der Waals surface area contributed by atoms with E-state index in [9.17, 15) is 4.21 Å². The molecule has 1 fully saturated rings. The van der Waals surface area contributed by atoms with Crippen LogP contribution in [0.25, 0.3) is 0 Å². The zero-order valence-corrected chi connectivity index (χ0v) is 21.2. The van der Waals surface area contributed by atoms with Crippen molar-refractivity contribution in [1.82, 2.24) is 4.98 Å². The lowest BCUT2D eigenvalue weighted by Crippen LogP contribution is -2.49. The predicted molar refractivity (Wildman–Crippen MR) is 121 cm³/mol. The van der Waals surface area contributed by atoms with Crippen LogP contribution in [-0.2, 0) is 15.4 Å². The first kappa shape index (κ1) is 22.9. The number of halogens is 1. The number of rotatable bonds is 5. The number of pyridine rings is 1. The molecule has 152 valence electrons. The SMILES string of the molecule is CC(C)(C)S(=O)N=C(c1cccc(Br)n1)C1CC(O[Si](C)(C)C(C)(C)C)C1. The molecule has 0 amide bonds. The van der Waals surface area contributed by atoms with Crippen molar-refractivity contribution in [1.29, 1.82) is 0 Å². The van der Waals surface area contributed by atoms with Crippen molar-refractivity contribution in [3.05, 3.63) is 28.5 Å². The summed E-state index contributed by atoms with van der Waals surface area (Å²) in [6, 6.07) is 5.79. The lowest BCUT2D eigenvalue weighted by atomic mass is 9.78. The molecule has 1 unspecified atom stereocenters. The van der Waals surface area contributed by atoms with Crippen LogP contribution in [-0.4, -0.2) is 34.1 Å². The maximum atomic E-state index is 12.7. The van der Waals surface area contributed by atoms with E-state index >= 15 is 0 Å². The molecule has 0 aromatic carbocycles. The summed E-state index contributed by atoms with van der Waals surface area (Å²) in [5.74, 6) is 0.243. The maximum absolute atomic E-state index is 12.7. The van der Waals surface area contributed by atoms with Gasteiger partial charge < -0.3 is 4.43 Å². The summed E-state index contributed by atoms with van der Waals surface area (Å²) in [5.41, 5.74) is 1.65. The highest BCUT2D eigenvalue weighted by Crippen LogP contribution is 2.42. The summed E-state index contributed by atoms with van der Waals surface area (Å²) < 4.78 is 24.2. The molecule has 0 N–H and O–H groups in total. The Labute approximate surface area is 176 Å². The molecule has 1 heterocycles. The monoisotopic (exact) mass is 472 g/mol. The quantitative estimate of drug-likeness (QED) is 0.304. The van der Waals surface area contributed by atoms with Crippen LogP contribution >= 0.6 is 15.9 Å². The summed E-state index contributed by atoms with van der Waals surface area (Å²) in [7, 11) is -3.08. The van der Waals surface area contributed by atoms with Gasteiger partial charge in [-0.2, -0.15) is 4.40 Å². The molecule has 2 rings (SSSR count). The van der Waals surface area contributed by atoms with E-state index in [4.69, 9.17) is 4.43 Å². The minimum Gasteiger partial charge on any atom is -0.414 e. The van der Waals surface area contributed by atoms with E-state index in [1.165, 1.54) is 0 Å². The van der Waals surface area contributed by atoms with Crippen molar-refractivity contribution in [2.24, 2.45) is 10.3 Å². The van der Waals surface area contributed by atoms with Crippen LogP contribution in [0.3, 0.4) is 0 Å². The normalized spacial score (nSPS) is 23.1. The van der Waals surface area contributed by atoms with E-state index in [0.29, 0.717) is 0 Å². The van der Waals surface area contributed by atoms with Gasteiger partial charge in [-0.1, -0.05) is 26.8 Å². The second-order valence-corrected chi connectivity index (χ2v) is 17.3. The van der Waals surface area contributed by atoms with Crippen LogP contribution in [0.2, 0.25) is 18.1 Å². The number of hydrogen-bond acceptors (Lipinski definition) is 3. The Balaban J connectivity index is 2.20. The van der Waals surface area contributed by atoms with E-state index in [1.807, 2.05) is 39.0 Å². The fourth-order valence-electron chi connectivity index (χ4n) is 2.59. The Morgan fingerprint density at radius 1 is 1.22 bits per heavy atom. The van der Waals surface area contributed by atoms with Crippen molar-refractivity contribution in [2.75, 3.05) is 0 Å². The molecule has 7 heteroatoms. The molecule has 0 radical (unpaired) electrons. The van der Waals surface area contributed by atoms with Crippen molar-refractivity contribution < 1.29 is 8.63 Å². The fourth-order valence-corrected chi connectivity index (χ4v) is 5.00. The van der Waals surface area contributed by atoms with E-state index < -0.39 is 24.1 Å². The van der Waals surface area contributed by atoms with Gasteiger partial charge in [-0.25, -0.2) is 9.19 Å². The second kappa shape index (κ2) is 8.17. The standard InChI is InChI=1S/C20H33BrN2O2SSi/c1-19(2,3)26(24)23-18(16-10-9-11-17(21)22-16)14-12-15(13-14)25-27(7,8)20(4,5)6/h9-11,14-15H,12-13H2,1-8H3. The minimum atomic E-state index is -1.78. The summed E-state index contributed by atoms with van der Waals surface area (Å²) in [4.78, 5) is 4.57. The fraction of sp³-hybridized carbons (Fsp3) is 0.700. The summed E-state index contributed by atoms with van der Waals surface area (Å²) in [6.45, 7) is 17.2. The van der Waals surface area contributed by atoms with Gasteiger partial charge in [0.05, 0.1) is 16.2 Å². The van der Waals surface area contributed by atoms with E-state index in [0.717, 1.165) is 28.9 Å².